The number of hydrogen-bond acceptors (Lipinski definition) is 8. The van der Waals surface area contributed by atoms with Crippen LogP contribution in [0.5, 0.6) is 0 Å². The van der Waals surface area contributed by atoms with Gasteiger partial charge in [-0.1, -0.05) is 0 Å². The highest BCUT2D eigenvalue weighted by molar-refractivity contribution is 9.11. The predicted octanol–water partition coefficient (Wildman–Crippen LogP) is 4.55. The lowest BCUT2D eigenvalue weighted by molar-refractivity contribution is 0.122. The first kappa shape index (κ1) is 21.3. The maximum absolute atomic E-state index is 5.43. The van der Waals surface area contributed by atoms with Gasteiger partial charge in [0, 0.05) is 58.4 Å². The number of ether oxygens (including phenoxy) is 1. The van der Waals surface area contributed by atoms with Gasteiger partial charge in [0.2, 0.25) is 5.95 Å². The van der Waals surface area contributed by atoms with E-state index in [1.54, 1.807) is 18.6 Å². The number of aromatic nitrogens is 3. The Morgan fingerprint density at radius 2 is 1.72 bits per heavy atom. The highest BCUT2D eigenvalue weighted by atomic mass is 79.9. The zero-order valence-electron chi connectivity index (χ0n) is 17.4. The Labute approximate surface area is 203 Å². The first-order valence-corrected chi connectivity index (χ1v) is 11.8. The molecule has 164 valence electrons. The van der Waals surface area contributed by atoms with Crippen LogP contribution in [0, 0.1) is 0 Å². The van der Waals surface area contributed by atoms with Gasteiger partial charge in [0.25, 0.3) is 0 Å². The van der Waals surface area contributed by atoms with Gasteiger partial charge in [-0.3, -0.25) is 4.98 Å². The van der Waals surface area contributed by atoms with Gasteiger partial charge in [0.05, 0.1) is 31.7 Å². The molecule has 8 nitrogen and oxygen atoms in total. The monoisotopic (exact) mass is 557 g/mol. The number of benzene rings is 1. The largest absolute Gasteiger partial charge is 0.378 e. The Hall–Kier alpha value is -2.56. The minimum atomic E-state index is 0.541. The average molecular weight is 559 g/mol. The molecular weight excluding hydrogens is 538 g/mol. The van der Waals surface area contributed by atoms with Crippen molar-refractivity contribution >= 4 is 66.4 Å². The number of fused-ring (bicyclic) bond motifs is 1. The molecule has 0 radical (unpaired) electrons. The lowest BCUT2D eigenvalue weighted by Crippen LogP contribution is -2.36. The Morgan fingerprint density at radius 3 is 2.44 bits per heavy atom. The Morgan fingerprint density at radius 1 is 1.00 bits per heavy atom. The summed E-state index contributed by atoms with van der Waals surface area (Å²) in [6.45, 7) is 4.01. The third kappa shape index (κ3) is 4.35. The summed E-state index contributed by atoms with van der Waals surface area (Å²) in [6.07, 6.45) is 5.30. The number of rotatable bonds is 4. The van der Waals surface area contributed by atoms with Crippen molar-refractivity contribution in [3.8, 4) is 0 Å². The molecule has 1 aromatic carbocycles. The molecule has 10 heteroatoms. The Bertz CT molecular complexity index is 1140. The number of anilines is 4. The predicted molar refractivity (Wildman–Crippen MR) is 134 cm³/mol. The minimum Gasteiger partial charge on any atom is -0.378 e. The normalized spacial score (nSPS) is 15.9. The Kier molecular flexibility index (Phi) is 6.07. The lowest BCUT2D eigenvalue weighted by Gasteiger charge is -2.29. The van der Waals surface area contributed by atoms with Crippen molar-refractivity contribution in [1.82, 2.24) is 15.0 Å². The zero-order valence-corrected chi connectivity index (χ0v) is 20.6. The summed E-state index contributed by atoms with van der Waals surface area (Å²) < 4.78 is 7.21. The van der Waals surface area contributed by atoms with Crippen molar-refractivity contribution in [2.24, 2.45) is 4.99 Å². The number of likely N-dealkylation sites (N-methyl/N-ethyl adjacent to an activating group) is 1. The number of morpholine rings is 1. The molecule has 2 aromatic heterocycles. The van der Waals surface area contributed by atoms with Crippen LogP contribution in [0.15, 0.2) is 56.8 Å². The van der Waals surface area contributed by atoms with Crippen LogP contribution in [0.3, 0.4) is 0 Å². The van der Waals surface area contributed by atoms with Gasteiger partial charge >= 0.3 is 0 Å². The minimum absolute atomic E-state index is 0.541. The van der Waals surface area contributed by atoms with Crippen LogP contribution < -0.4 is 15.1 Å². The van der Waals surface area contributed by atoms with Gasteiger partial charge in [-0.25, -0.2) is 9.98 Å². The second-order valence-corrected chi connectivity index (χ2v) is 9.28. The summed E-state index contributed by atoms with van der Waals surface area (Å²) in [5.74, 6) is 1.33. The molecule has 1 N–H and O–H groups in total. The van der Waals surface area contributed by atoms with Crippen LogP contribution in [-0.4, -0.2) is 60.6 Å². The number of nitrogens with zero attached hydrogens (tertiary/aromatic N) is 6. The number of hydrogen-bond donors (Lipinski definition) is 1. The van der Waals surface area contributed by atoms with Crippen LogP contribution in [0.1, 0.15) is 5.56 Å². The average Bonchev–Trinajstić information content (AvgIpc) is 2.80. The number of halogens is 2. The van der Waals surface area contributed by atoms with Gasteiger partial charge in [-0.2, -0.15) is 4.98 Å². The van der Waals surface area contributed by atoms with E-state index >= 15 is 0 Å². The maximum atomic E-state index is 5.43. The quantitative estimate of drug-likeness (QED) is 0.503. The number of pyridine rings is 1. The molecule has 32 heavy (non-hydrogen) atoms. The molecule has 0 amide bonds. The summed E-state index contributed by atoms with van der Waals surface area (Å²) in [5, 5.41) is 3.30. The number of aliphatic imine (C=N–C) groups is 1. The van der Waals surface area contributed by atoms with Crippen molar-refractivity contribution in [2.45, 2.75) is 0 Å². The zero-order chi connectivity index (χ0) is 22.1. The second kappa shape index (κ2) is 9.13. The molecule has 2 aliphatic rings. The molecular formula is C22H21Br2N7O. The number of nitrogens with one attached hydrogen (secondary N) is 1. The SMILES string of the molecule is CN1CC(c2c(Br)cncc2Br)=Nc2cnc(Nc3ccc(N4CCOCC4)cc3)nc21. The topological polar surface area (TPSA) is 78.8 Å². The summed E-state index contributed by atoms with van der Waals surface area (Å²) in [4.78, 5) is 22.6. The summed E-state index contributed by atoms with van der Waals surface area (Å²) >= 11 is 7.16. The van der Waals surface area contributed by atoms with Gasteiger partial charge in [0.1, 0.15) is 5.69 Å². The second-order valence-electron chi connectivity index (χ2n) is 7.57. The molecule has 2 aliphatic heterocycles. The van der Waals surface area contributed by atoms with Crippen molar-refractivity contribution in [3.05, 3.63) is 57.4 Å². The van der Waals surface area contributed by atoms with E-state index in [0.717, 1.165) is 63.7 Å². The Balaban J connectivity index is 1.36. The molecule has 0 unspecified atom stereocenters. The molecule has 1 fully saturated rings. The third-order valence-corrected chi connectivity index (χ3v) is 6.60. The van der Waals surface area contributed by atoms with Crippen molar-refractivity contribution in [3.63, 3.8) is 0 Å². The van der Waals surface area contributed by atoms with E-state index in [-0.39, 0.29) is 0 Å². The van der Waals surface area contributed by atoms with E-state index in [9.17, 15) is 0 Å². The molecule has 0 bridgehead atoms. The molecule has 0 atom stereocenters. The fourth-order valence-electron chi connectivity index (χ4n) is 3.79. The first-order valence-electron chi connectivity index (χ1n) is 10.2. The van der Waals surface area contributed by atoms with Crippen molar-refractivity contribution in [2.75, 3.05) is 55.0 Å². The fraction of sp³-hybridized carbons (Fsp3) is 0.273. The molecule has 4 heterocycles. The van der Waals surface area contributed by atoms with Gasteiger partial charge in [-0.05, 0) is 56.1 Å². The van der Waals surface area contributed by atoms with Crippen LogP contribution in [0.25, 0.3) is 0 Å². The summed E-state index contributed by atoms with van der Waals surface area (Å²) in [5.41, 5.74) is 4.77. The van der Waals surface area contributed by atoms with E-state index in [2.05, 4.69) is 69.1 Å². The van der Waals surface area contributed by atoms with Gasteiger partial charge < -0.3 is 19.9 Å². The lowest BCUT2D eigenvalue weighted by atomic mass is 10.1. The van der Waals surface area contributed by atoms with Crippen LogP contribution >= 0.6 is 31.9 Å². The first-order chi connectivity index (χ1) is 15.6. The highest BCUT2D eigenvalue weighted by Gasteiger charge is 2.23. The molecule has 0 saturated carbocycles. The van der Waals surface area contributed by atoms with E-state index < -0.39 is 0 Å². The van der Waals surface area contributed by atoms with Gasteiger partial charge in [-0.15, -0.1) is 0 Å². The van der Waals surface area contributed by atoms with Crippen molar-refractivity contribution in [1.29, 1.82) is 0 Å². The molecule has 5 rings (SSSR count). The summed E-state index contributed by atoms with van der Waals surface area (Å²) in [6, 6.07) is 8.32. The molecule has 0 spiro atoms. The standard InChI is InChI=1S/C22H21Br2N7O/c1-30-13-19(20-16(23)10-25-11-17(20)24)28-18-12-26-22(29-21(18)30)27-14-2-4-15(5-3-14)31-6-8-32-9-7-31/h2-5,10-12H,6-9,13H2,1H3,(H,26,27,29). The van der Waals surface area contributed by atoms with E-state index in [4.69, 9.17) is 14.7 Å². The van der Waals surface area contributed by atoms with Crippen molar-refractivity contribution < 1.29 is 4.74 Å². The van der Waals surface area contributed by atoms with Crippen LogP contribution in [-0.2, 0) is 4.74 Å². The summed E-state index contributed by atoms with van der Waals surface area (Å²) in [7, 11) is 2.00. The highest BCUT2D eigenvalue weighted by Crippen LogP contribution is 2.34. The molecule has 0 aliphatic carbocycles. The van der Waals surface area contributed by atoms with Crippen LogP contribution in [0.2, 0.25) is 0 Å². The molecule has 3 aromatic rings. The smallest absolute Gasteiger partial charge is 0.229 e. The van der Waals surface area contributed by atoms with Crippen LogP contribution in [0.4, 0.5) is 28.8 Å². The van der Waals surface area contributed by atoms with Gasteiger partial charge in [0.15, 0.2) is 5.82 Å². The van der Waals surface area contributed by atoms with E-state index in [1.165, 1.54) is 5.69 Å². The maximum Gasteiger partial charge on any atom is 0.229 e. The van der Waals surface area contributed by atoms with E-state index in [1.807, 2.05) is 19.2 Å². The molecule has 1 saturated heterocycles. The third-order valence-electron chi connectivity index (χ3n) is 5.40. The fourth-order valence-corrected chi connectivity index (χ4v) is 5.18. The van der Waals surface area contributed by atoms with E-state index in [0.29, 0.717) is 12.5 Å².